The van der Waals surface area contributed by atoms with Gasteiger partial charge < -0.3 is 0 Å². The van der Waals surface area contributed by atoms with E-state index >= 15 is 0 Å². The normalized spacial score (nSPS) is 10.4. The maximum Gasteiger partial charge on any atom is 0.173 e. The number of carbonyl (C=O) groups excluding carboxylic acids is 1. The van der Waals surface area contributed by atoms with Crippen LogP contribution in [0.2, 0.25) is 0 Å². The third-order valence-corrected chi connectivity index (χ3v) is 3.64. The van der Waals surface area contributed by atoms with E-state index in [0.29, 0.717) is 21.7 Å². The van der Waals surface area contributed by atoms with Crippen LogP contribution in [0.5, 0.6) is 0 Å². The molecule has 0 saturated carbocycles. The number of hydrogen-bond donors (Lipinski definition) is 0. The number of halogens is 3. The number of benzene rings is 1. The second-order valence-corrected chi connectivity index (χ2v) is 4.76. The number of aldehydes is 1. The van der Waals surface area contributed by atoms with Crippen molar-refractivity contribution in [3.8, 4) is 10.6 Å². The molecule has 0 aliphatic heterocycles. The summed E-state index contributed by atoms with van der Waals surface area (Å²) in [5, 5.41) is 0.466. The molecule has 2 rings (SSSR count). The lowest BCUT2D eigenvalue weighted by Gasteiger charge is -2.02. The fourth-order valence-electron chi connectivity index (χ4n) is 1.16. The number of thiazole rings is 1. The largest absolute Gasteiger partial charge is 0.297 e. The lowest BCUT2D eigenvalue weighted by molar-refractivity contribution is 0.112. The standard InChI is InChI=1S/C10H4BrF2NOS/c11-8-6(1-2-7(12)9(8)13)10-14-3-5(4-15)16-10/h1-4H. The smallest absolute Gasteiger partial charge is 0.173 e. The summed E-state index contributed by atoms with van der Waals surface area (Å²) in [5.74, 6) is -1.89. The molecule has 0 saturated heterocycles. The molecule has 0 unspecified atom stereocenters. The molecule has 0 aliphatic carbocycles. The van der Waals surface area contributed by atoms with Crippen molar-refractivity contribution in [1.29, 1.82) is 0 Å². The van der Waals surface area contributed by atoms with Crippen LogP contribution >= 0.6 is 27.3 Å². The Balaban J connectivity index is 2.56. The summed E-state index contributed by atoms with van der Waals surface area (Å²) in [6.45, 7) is 0. The summed E-state index contributed by atoms with van der Waals surface area (Å²) in [5.41, 5.74) is 0.428. The van der Waals surface area contributed by atoms with Crippen LogP contribution in [0.1, 0.15) is 9.67 Å². The quantitative estimate of drug-likeness (QED) is 0.626. The van der Waals surface area contributed by atoms with Gasteiger partial charge in [0.15, 0.2) is 17.9 Å². The highest BCUT2D eigenvalue weighted by Gasteiger charge is 2.14. The van der Waals surface area contributed by atoms with Gasteiger partial charge in [-0.2, -0.15) is 0 Å². The minimum atomic E-state index is -0.958. The molecule has 16 heavy (non-hydrogen) atoms. The molecule has 2 aromatic rings. The van der Waals surface area contributed by atoms with Crippen LogP contribution in [0, 0.1) is 11.6 Å². The van der Waals surface area contributed by atoms with Crippen molar-refractivity contribution in [3.05, 3.63) is 39.3 Å². The average Bonchev–Trinajstić information content (AvgIpc) is 2.74. The Morgan fingerprint density at radius 3 is 2.75 bits per heavy atom. The molecule has 82 valence electrons. The van der Waals surface area contributed by atoms with Gasteiger partial charge in [-0.3, -0.25) is 4.79 Å². The number of rotatable bonds is 2. The highest BCUT2D eigenvalue weighted by Crippen LogP contribution is 2.33. The molecule has 0 spiro atoms. The lowest BCUT2D eigenvalue weighted by Crippen LogP contribution is -1.88. The Morgan fingerprint density at radius 2 is 2.12 bits per heavy atom. The Kier molecular flexibility index (Phi) is 3.11. The molecule has 0 amide bonds. The zero-order valence-corrected chi connectivity index (χ0v) is 10.1. The third-order valence-electron chi connectivity index (χ3n) is 1.91. The third kappa shape index (κ3) is 1.90. The lowest BCUT2D eigenvalue weighted by atomic mass is 10.2. The summed E-state index contributed by atoms with van der Waals surface area (Å²) in [6, 6.07) is 2.44. The van der Waals surface area contributed by atoms with E-state index in [0.717, 1.165) is 17.4 Å². The Hall–Kier alpha value is -1.14. The zero-order valence-electron chi connectivity index (χ0n) is 7.71. The van der Waals surface area contributed by atoms with E-state index in [9.17, 15) is 13.6 Å². The van der Waals surface area contributed by atoms with E-state index in [1.807, 2.05) is 0 Å². The van der Waals surface area contributed by atoms with E-state index in [4.69, 9.17) is 0 Å². The van der Waals surface area contributed by atoms with Gasteiger partial charge in [-0.05, 0) is 28.1 Å². The van der Waals surface area contributed by atoms with Crippen molar-refractivity contribution in [2.75, 3.05) is 0 Å². The number of aromatic nitrogens is 1. The van der Waals surface area contributed by atoms with Gasteiger partial charge in [0.2, 0.25) is 0 Å². The number of nitrogens with zero attached hydrogens (tertiary/aromatic N) is 1. The van der Waals surface area contributed by atoms with Crippen LogP contribution in [0.15, 0.2) is 22.8 Å². The predicted molar refractivity (Wildman–Crippen MR) is 60.6 cm³/mol. The van der Waals surface area contributed by atoms with Gasteiger partial charge in [0, 0.05) is 11.8 Å². The Bertz CT molecular complexity index is 556. The fraction of sp³-hybridized carbons (Fsp3) is 0. The highest BCUT2D eigenvalue weighted by molar-refractivity contribution is 9.10. The highest BCUT2D eigenvalue weighted by atomic mass is 79.9. The molecular formula is C10H4BrF2NOS. The Labute approximate surface area is 102 Å². The van der Waals surface area contributed by atoms with Gasteiger partial charge in [-0.25, -0.2) is 13.8 Å². The first-order chi connectivity index (χ1) is 7.63. The van der Waals surface area contributed by atoms with Crippen LogP contribution in [0.25, 0.3) is 10.6 Å². The minimum absolute atomic E-state index is 0.0132. The van der Waals surface area contributed by atoms with Crippen LogP contribution in [0.4, 0.5) is 8.78 Å². The molecule has 0 N–H and O–H groups in total. The molecule has 6 heteroatoms. The fourth-order valence-corrected chi connectivity index (χ4v) is 2.56. The second-order valence-electron chi connectivity index (χ2n) is 2.91. The molecule has 0 bridgehead atoms. The number of hydrogen-bond acceptors (Lipinski definition) is 3. The van der Waals surface area contributed by atoms with Crippen LogP contribution in [-0.4, -0.2) is 11.3 Å². The molecule has 0 atom stereocenters. The van der Waals surface area contributed by atoms with Crippen LogP contribution in [0.3, 0.4) is 0 Å². The molecule has 1 aromatic heterocycles. The second kappa shape index (κ2) is 4.39. The van der Waals surface area contributed by atoms with Gasteiger partial charge in [0.25, 0.3) is 0 Å². The summed E-state index contributed by atoms with van der Waals surface area (Å²) in [6.07, 6.45) is 2.05. The Morgan fingerprint density at radius 1 is 1.38 bits per heavy atom. The molecule has 0 radical (unpaired) electrons. The van der Waals surface area contributed by atoms with Crippen molar-refractivity contribution in [2.24, 2.45) is 0 Å². The minimum Gasteiger partial charge on any atom is -0.297 e. The zero-order chi connectivity index (χ0) is 11.7. The van der Waals surface area contributed by atoms with Crippen molar-refractivity contribution >= 4 is 33.6 Å². The van der Waals surface area contributed by atoms with Gasteiger partial charge in [0.05, 0.1) is 9.35 Å². The van der Waals surface area contributed by atoms with E-state index in [1.165, 1.54) is 12.3 Å². The van der Waals surface area contributed by atoms with Crippen molar-refractivity contribution in [2.45, 2.75) is 0 Å². The maximum atomic E-state index is 13.3. The summed E-state index contributed by atoms with van der Waals surface area (Å²) < 4.78 is 26.1. The summed E-state index contributed by atoms with van der Waals surface area (Å²) in [7, 11) is 0. The molecule has 2 nitrogen and oxygen atoms in total. The monoisotopic (exact) mass is 303 g/mol. The molecule has 0 fully saturated rings. The van der Waals surface area contributed by atoms with Gasteiger partial charge in [0.1, 0.15) is 5.01 Å². The molecular weight excluding hydrogens is 300 g/mol. The SMILES string of the molecule is O=Cc1cnc(-c2ccc(F)c(F)c2Br)s1. The first-order valence-electron chi connectivity index (χ1n) is 4.18. The molecule has 1 heterocycles. The van der Waals surface area contributed by atoms with E-state index in [1.54, 1.807) is 0 Å². The van der Waals surface area contributed by atoms with E-state index < -0.39 is 11.6 Å². The van der Waals surface area contributed by atoms with E-state index in [2.05, 4.69) is 20.9 Å². The first kappa shape index (κ1) is 11.3. The first-order valence-corrected chi connectivity index (χ1v) is 5.79. The maximum absolute atomic E-state index is 13.3. The molecule has 1 aromatic carbocycles. The topological polar surface area (TPSA) is 30.0 Å². The van der Waals surface area contributed by atoms with Crippen molar-refractivity contribution in [3.63, 3.8) is 0 Å². The molecule has 0 aliphatic rings. The van der Waals surface area contributed by atoms with Crippen molar-refractivity contribution in [1.82, 2.24) is 4.98 Å². The van der Waals surface area contributed by atoms with Crippen LogP contribution < -0.4 is 0 Å². The number of carbonyl (C=O) groups is 1. The average molecular weight is 304 g/mol. The summed E-state index contributed by atoms with van der Waals surface area (Å²) >= 11 is 4.08. The van der Waals surface area contributed by atoms with Crippen molar-refractivity contribution < 1.29 is 13.6 Å². The summed E-state index contributed by atoms with van der Waals surface area (Å²) in [4.78, 5) is 14.9. The predicted octanol–water partition coefficient (Wildman–Crippen LogP) is 3.66. The van der Waals surface area contributed by atoms with Crippen LogP contribution in [-0.2, 0) is 0 Å². The van der Waals surface area contributed by atoms with Gasteiger partial charge in [-0.1, -0.05) is 0 Å². The van der Waals surface area contributed by atoms with Gasteiger partial charge >= 0.3 is 0 Å². The van der Waals surface area contributed by atoms with Gasteiger partial charge in [-0.15, -0.1) is 11.3 Å². The van der Waals surface area contributed by atoms with E-state index in [-0.39, 0.29) is 4.47 Å².